The van der Waals surface area contributed by atoms with E-state index in [0.29, 0.717) is 16.9 Å². The fourth-order valence-electron chi connectivity index (χ4n) is 5.38. The number of amides is 2. The van der Waals surface area contributed by atoms with E-state index >= 15 is 0 Å². The molecule has 3 atom stereocenters. The molecule has 2 aliphatic carbocycles. The van der Waals surface area contributed by atoms with E-state index in [9.17, 15) is 31.5 Å². The first-order chi connectivity index (χ1) is 19.5. The third-order valence-electron chi connectivity index (χ3n) is 7.43. The van der Waals surface area contributed by atoms with Crippen molar-refractivity contribution in [3.8, 4) is 0 Å². The Morgan fingerprint density at radius 3 is 2.31 bits per heavy atom. The standard InChI is InChI=1S/C27H37F5N6O4/c1-25(2,3)42-24(41)37-22(16-6-8-26(28,29)9-7-16)19-14-38-20(36-19)10-17(12-34-38)21(15-4-5-15)33-13-18(35-23(39)40)11-27(30,31)32/h10,12,14-16,18,21-22,33,35H,4-9,11,13H2,1-3H3,(H,37,41)(H,39,40)/t18?,21-,22+/m1/s1. The van der Waals surface area contributed by atoms with Crippen LogP contribution in [0.3, 0.4) is 0 Å². The highest BCUT2D eigenvalue weighted by Crippen LogP contribution is 2.43. The van der Waals surface area contributed by atoms with Crippen LogP contribution in [-0.4, -0.2) is 62.2 Å². The van der Waals surface area contributed by atoms with Gasteiger partial charge in [-0.25, -0.2) is 27.9 Å². The third-order valence-corrected chi connectivity index (χ3v) is 7.43. The summed E-state index contributed by atoms with van der Waals surface area (Å²) in [5, 5.41) is 21.2. The van der Waals surface area contributed by atoms with Crippen molar-refractivity contribution >= 4 is 17.8 Å². The number of halogens is 5. The fourth-order valence-corrected chi connectivity index (χ4v) is 5.38. The number of hydrogen-bond donors (Lipinski definition) is 4. The molecule has 0 aliphatic heterocycles. The van der Waals surface area contributed by atoms with Gasteiger partial charge in [0, 0.05) is 25.4 Å². The second-order valence-corrected chi connectivity index (χ2v) is 12.3. The van der Waals surface area contributed by atoms with Gasteiger partial charge in [-0.3, -0.25) is 0 Å². The van der Waals surface area contributed by atoms with E-state index in [2.05, 4.69) is 20.7 Å². The molecule has 2 aromatic heterocycles. The first-order valence-corrected chi connectivity index (χ1v) is 14.0. The first kappa shape index (κ1) is 31.7. The maximum absolute atomic E-state index is 13.9. The molecule has 4 N–H and O–H groups in total. The van der Waals surface area contributed by atoms with Crippen molar-refractivity contribution in [2.75, 3.05) is 6.54 Å². The molecular formula is C27H37F5N6O4. The van der Waals surface area contributed by atoms with Gasteiger partial charge >= 0.3 is 18.4 Å². The zero-order valence-corrected chi connectivity index (χ0v) is 23.7. The summed E-state index contributed by atoms with van der Waals surface area (Å²) in [5.74, 6) is -2.94. The van der Waals surface area contributed by atoms with E-state index in [0.717, 1.165) is 12.8 Å². The van der Waals surface area contributed by atoms with E-state index in [1.807, 2.05) is 5.32 Å². The average molecular weight is 605 g/mol. The summed E-state index contributed by atoms with van der Waals surface area (Å²) >= 11 is 0. The highest BCUT2D eigenvalue weighted by Gasteiger charge is 2.40. The lowest BCUT2D eigenvalue weighted by atomic mass is 9.81. The van der Waals surface area contributed by atoms with Gasteiger partial charge in [-0.05, 0) is 69.9 Å². The summed E-state index contributed by atoms with van der Waals surface area (Å²) < 4.78 is 73.7. The Hall–Kier alpha value is -3.23. The van der Waals surface area contributed by atoms with E-state index in [4.69, 9.17) is 9.84 Å². The van der Waals surface area contributed by atoms with Gasteiger partial charge in [-0.1, -0.05) is 0 Å². The lowest BCUT2D eigenvalue weighted by molar-refractivity contribution is -0.139. The molecule has 2 amide bonds. The lowest BCUT2D eigenvalue weighted by Crippen LogP contribution is -2.45. The molecule has 15 heteroatoms. The Bertz CT molecular complexity index is 1250. The van der Waals surface area contributed by atoms with Gasteiger partial charge in [0.05, 0.1) is 36.6 Å². The number of imidazole rings is 1. The van der Waals surface area contributed by atoms with Gasteiger partial charge in [0.1, 0.15) is 5.60 Å². The van der Waals surface area contributed by atoms with Crippen LogP contribution in [0.25, 0.3) is 5.65 Å². The summed E-state index contributed by atoms with van der Waals surface area (Å²) in [4.78, 5) is 28.4. The molecule has 2 aromatic rings. The molecule has 10 nitrogen and oxygen atoms in total. The molecular weight excluding hydrogens is 567 g/mol. The highest BCUT2D eigenvalue weighted by atomic mass is 19.4. The highest BCUT2D eigenvalue weighted by molar-refractivity contribution is 5.68. The quantitative estimate of drug-likeness (QED) is 0.254. The fraction of sp³-hybridized carbons (Fsp3) is 0.704. The van der Waals surface area contributed by atoms with Crippen molar-refractivity contribution in [1.82, 2.24) is 30.5 Å². The summed E-state index contributed by atoms with van der Waals surface area (Å²) in [7, 11) is 0. The summed E-state index contributed by atoms with van der Waals surface area (Å²) in [6.45, 7) is 4.90. The smallest absolute Gasteiger partial charge is 0.408 e. The topological polar surface area (TPSA) is 130 Å². The minimum Gasteiger partial charge on any atom is -0.465 e. The number of nitrogens with zero attached hydrogens (tertiary/aromatic N) is 3. The van der Waals surface area contributed by atoms with E-state index in [1.54, 1.807) is 39.2 Å². The van der Waals surface area contributed by atoms with Gasteiger partial charge in [0.15, 0.2) is 5.65 Å². The van der Waals surface area contributed by atoms with Gasteiger partial charge in [0.25, 0.3) is 0 Å². The van der Waals surface area contributed by atoms with Crippen LogP contribution in [0.5, 0.6) is 0 Å². The molecule has 0 bridgehead atoms. The van der Waals surface area contributed by atoms with Crippen molar-refractivity contribution in [1.29, 1.82) is 0 Å². The molecule has 0 saturated heterocycles. The number of hydrogen-bond acceptors (Lipinski definition) is 6. The second-order valence-electron chi connectivity index (χ2n) is 12.3. The van der Waals surface area contributed by atoms with Gasteiger partial charge < -0.3 is 25.8 Å². The first-order valence-electron chi connectivity index (χ1n) is 14.0. The van der Waals surface area contributed by atoms with E-state index in [-0.39, 0.29) is 50.1 Å². The zero-order chi connectivity index (χ0) is 30.9. The van der Waals surface area contributed by atoms with Crippen LogP contribution >= 0.6 is 0 Å². The number of nitrogens with one attached hydrogen (secondary N) is 3. The van der Waals surface area contributed by atoms with Crippen LogP contribution in [0.1, 0.15) is 89.1 Å². The normalized spacial score (nSPS) is 20.1. The molecule has 234 valence electrons. The molecule has 2 aliphatic rings. The SMILES string of the molecule is CC(C)(C)OC(=O)N[C@H](c1cn2ncc([C@H](NCC(CC(F)(F)F)NC(=O)O)C3CC3)cc2n1)C1CCC(F)(F)CC1. The van der Waals surface area contributed by atoms with Crippen LogP contribution in [0.2, 0.25) is 0 Å². The average Bonchev–Trinajstić information content (AvgIpc) is 3.58. The predicted molar refractivity (Wildman–Crippen MR) is 141 cm³/mol. The predicted octanol–water partition coefficient (Wildman–Crippen LogP) is 5.75. The molecule has 0 spiro atoms. The number of carbonyl (C=O) groups is 2. The molecule has 1 unspecified atom stereocenters. The number of aromatic nitrogens is 3. The van der Waals surface area contributed by atoms with Gasteiger partial charge in [-0.15, -0.1) is 0 Å². The number of carboxylic acid groups (broad SMARTS) is 1. The van der Waals surface area contributed by atoms with Crippen molar-refractivity contribution in [2.24, 2.45) is 11.8 Å². The Morgan fingerprint density at radius 2 is 1.74 bits per heavy atom. The van der Waals surface area contributed by atoms with Crippen LogP contribution in [0.15, 0.2) is 18.5 Å². The molecule has 4 rings (SSSR count). The molecule has 2 saturated carbocycles. The Labute approximate surface area is 239 Å². The number of rotatable bonds is 10. The molecule has 2 fully saturated rings. The number of carbonyl (C=O) groups excluding carboxylic acids is 1. The number of fused-ring (bicyclic) bond motifs is 1. The Kier molecular flexibility index (Phi) is 9.19. The van der Waals surface area contributed by atoms with Crippen molar-refractivity contribution < 1.29 is 41.4 Å². The number of alkyl halides is 5. The van der Waals surface area contributed by atoms with Crippen LogP contribution in [0.4, 0.5) is 31.5 Å². The Morgan fingerprint density at radius 1 is 1.10 bits per heavy atom. The largest absolute Gasteiger partial charge is 0.465 e. The van der Waals surface area contributed by atoms with Crippen molar-refractivity contribution in [3.05, 3.63) is 29.7 Å². The Balaban J connectivity index is 1.56. The molecule has 42 heavy (non-hydrogen) atoms. The minimum absolute atomic E-state index is 0.130. The van der Waals surface area contributed by atoms with E-state index < -0.39 is 48.4 Å². The lowest BCUT2D eigenvalue weighted by Gasteiger charge is -2.33. The third kappa shape index (κ3) is 9.13. The van der Waals surface area contributed by atoms with E-state index in [1.165, 1.54) is 4.52 Å². The van der Waals surface area contributed by atoms with Crippen LogP contribution in [-0.2, 0) is 4.74 Å². The number of alkyl carbamates (subject to hydrolysis) is 1. The summed E-state index contributed by atoms with van der Waals surface area (Å²) in [5.41, 5.74) is 0.723. The summed E-state index contributed by atoms with van der Waals surface area (Å²) in [6.07, 6.45) is -3.50. The maximum atomic E-state index is 13.9. The van der Waals surface area contributed by atoms with Crippen LogP contribution in [0, 0.1) is 11.8 Å². The number of ether oxygens (including phenoxy) is 1. The van der Waals surface area contributed by atoms with Gasteiger partial charge in [0.2, 0.25) is 5.92 Å². The second kappa shape index (κ2) is 12.2. The van der Waals surface area contributed by atoms with Gasteiger partial charge in [-0.2, -0.15) is 18.3 Å². The molecule has 0 radical (unpaired) electrons. The zero-order valence-electron chi connectivity index (χ0n) is 23.7. The van der Waals surface area contributed by atoms with Crippen molar-refractivity contribution in [2.45, 2.75) is 102 Å². The molecule has 2 heterocycles. The summed E-state index contributed by atoms with van der Waals surface area (Å²) in [6, 6.07) is -0.731. The monoisotopic (exact) mass is 604 g/mol. The maximum Gasteiger partial charge on any atom is 0.408 e. The minimum atomic E-state index is -4.55. The van der Waals surface area contributed by atoms with Crippen molar-refractivity contribution in [3.63, 3.8) is 0 Å². The van der Waals surface area contributed by atoms with Crippen LogP contribution < -0.4 is 16.0 Å². The molecule has 0 aromatic carbocycles.